The number of hydrogen-bond acceptors (Lipinski definition) is 3. The molecule has 3 aliphatic rings. The number of aliphatic imine (C=N–C) groups is 1. The van der Waals surface area contributed by atoms with Crippen LogP contribution in [0.2, 0.25) is 0 Å². The summed E-state index contributed by atoms with van der Waals surface area (Å²) in [4.78, 5) is 11.7. The predicted molar refractivity (Wildman–Crippen MR) is 107 cm³/mol. The van der Waals surface area contributed by atoms with Gasteiger partial charge in [0.1, 0.15) is 5.82 Å². The molecule has 134 valence electrons. The van der Waals surface area contributed by atoms with E-state index in [1.54, 1.807) is 0 Å². The van der Waals surface area contributed by atoms with Crippen molar-refractivity contribution in [2.45, 2.75) is 63.7 Å². The van der Waals surface area contributed by atoms with E-state index in [0.29, 0.717) is 6.04 Å². The highest BCUT2D eigenvalue weighted by Gasteiger charge is 2.34. The van der Waals surface area contributed by atoms with Gasteiger partial charge < -0.3 is 15.2 Å². The van der Waals surface area contributed by atoms with Gasteiger partial charge in [0.25, 0.3) is 0 Å². The van der Waals surface area contributed by atoms with Gasteiger partial charge in [-0.15, -0.1) is 24.0 Å². The van der Waals surface area contributed by atoms with E-state index >= 15 is 0 Å². The zero-order valence-electron chi connectivity index (χ0n) is 14.5. The van der Waals surface area contributed by atoms with Crippen molar-refractivity contribution in [1.82, 2.24) is 25.1 Å². The smallest absolute Gasteiger partial charge is 0.191 e. The zero-order chi connectivity index (χ0) is 15.6. The number of nitrogens with one attached hydrogen (secondary N) is 2. The van der Waals surface area contributed by atoms with E-state index in [2.05, 4.69) is 31.3 Å². The first kappa shape index (κ1) is 18.0. The van der Waals surface area contributed by atoms with Gasteiger partial charge in [-0.3, -0.25) is 9.89 Å². The lowest BCUT2D eigenvalue weighted by Crippen LogP contribution is -2.44. The molecule has 0 aromatic carbocycles. The van der Waals surface area contributed by atoms with Crippen LogP contribution in [0.15, 0.2) is 11.2 Å². The van der Waals surface area contributed by atoms with Crippen LogP contribution in [0.5, 0.6) is 0 Å². The molecule has 1 aromatic heterocycles. The lowest BCUT2D eigenvalue weighted by molar-refractivity contribution is 0.321. The van der Waals surface area contributed by atoms with E-state index in [1.807, 2.05) is 7.05 Å². The largest absolute Gasteiger partial charge is 0.352 e. The third-order valence-corrected chi connectivity index (χ3v) is 5.24. The number of guanidine groups is 1. The van der Waals surface area contributed by atoms with Crippen molar-refractivity contribution in [2.75, 3.05) is 20.1 Å². The predicted octanol–water partition coefficient (Wildman–Crippen LogP) is 1.74. The number of imidazole rings is 1. The van der Waals surface area contributed by atoms with E-state index in [0.717, 1.165) is 43.8 Å². The summed E-state index contributed by atoms with van der Waals surface area (Å²) < 4.78 is 2.31. The van der Waals surface area contributed by atoms with Crippen molar-refractivity contribution < 1.29 is 0 Å². The van der Waals surface area contributed by atoms with E-state index in [4.69, 9.17) is 4.98 Å². The molecule has 0 bridgehead atoms. The molecule has 1 atom stereocenters. The summed E-state index contributed by atoms with van der Waals surface area (Å²) in [5.74, 6) is 2.14. The van der Waals surface area contributed by atoms with Gasteiger partial charge in [-0.25, -0.2) is 4.98 Å². The average molecular weight is 444 g/mol. The normalized spacial score (nSPS) is 24.4. The van der Waals surface area contributed by atoms with Crippen molar-refractivity contribution in [3.63, 3.8) is 0 Å². The molecule has 2 fully saturated rings. The minimum Gasteiger partial charge on any atom is -0.352 e. The maximum Gasteiger partial charge on any atom is 0.191 e. The molecule has 1 saturated heterocycles. The Labute approximate surface area is 161 Å². The molecule has 7 heteroatoms. The van der Waals surface area contributed by atoms with Crippen LogP contribution in [0, 0.1) is 0 Å². The van der Waals surface area contributed by atoms with Crippen molar-refractivity contribution in [1.29, 1.82) is 0 Å². The lowest BCUT2D eigenvalue weighted by Gasteiger charge is -2.18. The van der Waals surface area contributed by atoms with Gasteiger partial charge in [0.05, 0.1) is 12.2 Å². The standard InChI is InChI=1S/C17H28N6.HI/c1-18-17(21-13-7-9-22(11-13)15-5-6-15)19-10-14-12-23-8-3-2-4-16(23)20-14;/h12-13,15H,2-11H2,1H3,(H2,18,19,21);1H. The highest BCUT2D eigenvalue weighted by molar-refractivity contribution is 14.0. The molecular formula is C17H29IN6. The second-order valence-corrected chi connectivity index (χ2v) is 7.08. The Kier molecular flexibility index (Phi) is 6.02. The maximum absolute atomic E-state index is 4.74. The number of halogens is 1. The van der Waals surface area contributed by atoms with Crippen LogP contribution in [0.1, 0.15) is 43.6 Å². The summed E-state index contributed by atoms with van der Waals surface area (Å²) >= 11 is 0. The van der Waals surface area contributed by atoms with Crippen LogP contribution in [0.4, 0.5) is 0 Å². The molecule has 1 unspecified atom stereocenters. The van der Waals surface area contributed by atoms with Crippen LogP contribution < -0.4 is 10.6 Å². The second kappa shape index (κ2) is 8.03. The Balaban J connectivity index is 0.00000169. The Morgan fingerprint density at radius 2 is 2.17 bits per heavy atom. The van der Waals surface area contributed by atoms with E-state index in [9.17, 15) is 0 Å². The van der Waals surface area contributed by atoms with Gasteiger partial charge in [0.2, 0.25) is 0 Å². The molecule has 0 amide bonds. The van der Waals surface area contributed by atoms with Crippen molar-refractivity contribution in [2.24, 2.45) is 4.99 Å². The van der Waals surface area contributed by atoms with Gasteiger partial charge in [-0.1, -0.05) is 0 Å². The molecule has 4 rings (SSSR count). The average Bonchev–Trinajstić information content (AvgIpc) is 3.18. The molecule has 3 heterocycles. The SMILES string of the molecule is CN=C(NCc1cn2c(n1)CCCC2)NC1CCN(C2CC2)C1.I. The summed E-state index contributed by atoms with van der Waals surface area (Å²) in [6.45, 7) is 4.25. The fraction of sp³-hybridized carbons (Fsp3) is 0.765. The first-order chi connectivity index (χ1) is 11.3. The molecule has 2 aliphatic heterocycles. The third-order valence-electron chi connectivity index (χ3n) is 5.24. The van der Waals surface area contributed by atoms with Crippen molar-refractivity contribution >= 4 is 29.9 Å². The zero-order valence-corrected chi connectivity index (χ0v) is 16.8. The minimum atomic E-state index is 0. The third kappa shape index (κ3) is 4.22. The number of fused-ring (bicyclic) bond motifs is 1. The Hall–Kier alpha value is -0.830. The molecule has 0 radical (unpaired) electrons. The molecular weight excluding hydrogens is 415 g/mol. The van der Waals surface area contributed by atoms with Gasteiger partial charge in [-0.05, 0) is 32.1 Å². The first-order valence-corrected chi connectivity index (χ1v) is 9.08. The van der Waals surface area contributed by atoms with Gasteiger partial charge in [0, 0.05) is 51.4 Å². The number of likely N-dealkylation sites (tertiary alicyclic amines) is 1. The second-order valence-electron chi connectivity index (χ2n) is 7.08. The first-order valence-electron chi connectivity index (χ1n) is 9.08. The minimum absolute atomic E-state index is 0. The molecule has 2 N–H and O–H groups in total. The Bertz CT molecular complexity index is 556. The summed E-state index contributed by atoms with van der Waals surface area (Å²) in [5.41, 5.74) is 1.12. The van der Waals surface area contributed by atoms with Crippen LogP contribution in [-0.2, 0) is 19.5 Å². The van der Waals surface area contributed by atoms with Crippen molar-refractivity contribution in [3.8, 4) is 0 Å². The van der Waals surface area contributed by atoms with Crippen molar-refractivity contribution in [3.05, 3.63) is 17.7 Å². The van der Waals surface area contributed by atoms with Crippen LogP contribution in [0.3, 0.4) is 0 Å². The fourth-order valence-electron chi connectivity index (χ4n) is 3.80. The number of nitrogens with zero attached hydrogens (tertiary/aromatic N) is 4. The van der Waals surface area contributed by atoms with Gasteiger partial charge >= 0.3 is 0 Å². The Morgan fingerprint density at radius 3 is 2.92 bits per heavy atom. The highest BCUT2D eigenvalue weighted by Crippen LogP contribution is 2.29. The molecule has 1 aliphatic carbocycles. The molecule has 1 aromatic rings. The van der Waals surface area contributed by atoms with Crippen LogP contribution >= 0.6 is 24.0 Å². The highest BCUT2D eigenvalue weighted by atomic mass is 127. The van der Waals surface area contributed by atoms with Gasteiger partial charge in [-0.2, -0.15) is 0 Å². The fourth-order valence-corrected chi connectivity index (χ4v) is 3.80. The summed E-state index contributed by atoms with van der Waals surface area (Å²) in [6, 6.07) is 1.39. The molecule has 6 nitrogen and oxygen atoms in total. The summed E-state index contributed by atoms with van der Waals surface area (Å²) in [5, 5.41) is 7.00. The number of hydrogen-bond donors (Lipinski definition) is 2. The maximum atomic E-state index is 4.74. The summed E-state index contributed by atoms with van der Waals surface area (Å²) in [7, 11) is 1.85. The number of aromatic nitrogens is 2. The van der Waals surface area contributed by atoms with E-state index in [-0.39, 0.29) is 24.0 Å². The summed E-state index contributed by atoms with van der Waals surface area (Å²) in [6.07, 6.45) is 9.86. The topological polar surface area (TPSA) is 57.5 Å². The number of aryl methyl sites for hydroxylation is 2. The van der Waals surface area contributed by atoms with E-state index in [1.165, 1.54) is 44.5 Å². The lowest BCUT2D eigenvalue weighted by atomic mass is 10.2. The van der Waals surface area contributed by atoms with Crippen LogP contribution in [-0.4, -0.2) is 52.6 Å². The molecule has 0 spiro atoms. The van der Waals surface area contributed by atoms with Crippen LogP contribution in [0.25, 0.3) is 0 Å². The monoisotopic (exact) mass is 444 g/mol. The van der Waals surface area contributed by atoms with Gasteiger partial charge in [0.15, 0.2) is 5.96 Å². The Morgan fingerprint density at radius 1 is 1.29 bits per heavy atom. The number of rotatable bonds is 4. The molecule has 24 heavy (non-hydrogen) atoms. The molecule has 1 saturated carbocycles. The quantitative estimate of drug-likeness (QED) is 0.422. The van der Waals surface area contributed by atoms with E-state index < -0.39 is 0 Å².